The fourth-order valence-corrected chi connectivity index (χ4v) is 4.22. The Labute approximate surface area is 172 Å². The molecule has 0 saturated heterocycles. The molecule has 0 aliphatic carbocycles. The number of carbonyl (C=O) groups excluding carboxylic acids is 1. The third-order valence-corrected chi connectivity index (χ3v) is 5.52. The Morgan fingerprint density at radius 2 is 1.66 bits per heavy atom. The van der Waals surface area contributed by atoms with E-state index in [-0.39, 0.29) is 13.2 Å². The van der Waals surface area contributed by atoms with Gasteiger partial charge >= 0.3 is 0 Å². The van der Waals surface area contributed by atoms with Crippen LogP contribution in [0, 0.1) is 13.8 Å². The van der Waals surface area contributed by atoms with E-state index < -0.39 is 22.0 Å². The molecular weight excluding hydrogens is 392 g/mol. The maximum Gasteiger partial charge on any atom is 0.243 e. The molecule has 0 spiro atoms. The predicted molar refractivity (Wildman–Crippen MR) is 114 cm³/mol. The Hall–Kier alpha value is -2.74. The molecule has 0 aliphatic heterocycles. The van der Waals surface area contributed by atoms with E-state index in [0.29, 0.717) is 11.4 Å². The quantitative estimate of drug-likeness (QED) is 0.631. The lowest BCUT2D eigenvalue weighted by molar-refractivity contribution is -0.121. The van der Waals surface area contributed by atoms with Crippen LogP contribution in [0.25, 0.3) is 0 Å². The van der Waals surface area contributed by atoms with Gasteiger partial charge in [-0.15, -0.1) is 0 Å². The average molecular weight is 421 g/mol. The van der Waals surface area contributed by atoms with Gasteiger partial charge in [-0.05, 0) is 68.3 Å². The molecule has 0 radical (unpaired) electrons. The van der Waals surface area contributed by atoms with Crippen LogP contribution >= 0.6 is 0 Å². The molecule has 1 unspecified atom stereocenters. The predicted octanol–water partition coefficient (Wildman–Crippen LogP) is 2.66. The van der Waals surface area contributed by atoms with Gasteiger partial charge in [0, 0.05) is 0 Å². The first kappa shape index (κ1) is 22.5. The van der Waals surface area contributed by atoms with E-state index in [9.17, 15) is 13.2 Å². The standard InChI is InChI=1S/C21H28N2O5S/c1-15-12-16(2)14-20(13-15)28-11-10-22-21(24)17(3)23(29(5,25)26)18-6-8-19(27-4)9-7-18/h6-9,12-14,17H,10-11H2,1-5H3,(H,22,24). The lowest BCUT2D eigenvalue weighted by atomic mass is 10.1. The van der Waals surface area contributed by atoms with E-state index in [2.05, 4.69) is 11.4 Å². The summed E-state index contributed by atoms with van der Waals surface area (Å²) in [6, 6.07) is 11.5. The van der Waals surface area contributed by atoms with Gasteiger partial charge in [0.15, 0.2) is 0 Å². The molecule has 0 bridgehead atoms. The highest BCUT2D eigenvalue weighted by molar-refractivity contribution is 7.92. The van der Waals surface area contributed by atoms with Crippen LogP contribution in [0.2, 0.25) is 0 Å². The highest BCUT2D eigenvalue weighted by Gasteiger charge is 2.28. The molecule has 0 aliphatic rings. The van der Waals surface area contributed by atoms with Crippen LogP contribution < -0.4 is 19.1 Å². The zero-order chi connectivity index (χ0) is 21.6. The first-order chi connectivity index (χ1) is 13.6. The molecular formula is C21H28N2O5S. The summed E-state index contributed by atoms with van der Waals surface area (Å²) in [6.07, 6.45) is 1.07. The van der Waals surface area contributed by atoms with Crippen LogP contribution in [0.15, 0.2) is 42.5 Å². The van der Waals surface area contributed by atoms with Gasteiger partial charge in [-0.3, -0.25) is 9.10 Å². The molecule has 0 aromatic heterocycles. The van der Waals surface area contributed by atoms with Crippen molar-refractivity contribution < 1.29 is 22.7 Å². The molecule has 1 amide bonds. The maximum atomic E-state index is 12.5. The van der Waals surface area contributed by atoms with E-state index in [4.69, 9.17) is 9.47 Å². The smallest absolute Gasteiger partial charge is 0.243 e. The monoisotopic (exact) mass is 420 g/mol. The zero-order valence-electron chi connectivity index (χ0n) is 17.4. The van der Waals surface area contributed by atoms with Crippen LogP contribution in [-0.4, -0.2) is 46.9 Å². The van der Waals surface area contributed by atoms with E-state index >= 15 is 0 Å². The number of hydrogen-bond donors (Lipinski definition) is 1. The second-order valence-corrected chi connectivity index (χ2v) is 8.76. The van der Waals surface area contributed by atoms with Gasteiger partial charge in [-0.2, -0.15) is 0 Å². The highest BCUT2D eigenvalue weighted by Crippen LogP contribution is 2.23. The van der Waals surface area contributed by atoms with Crippen molar-refractivity contribution in [3.63, 3.8) is 0 Å². The first-order valence-electron chi connectivity index (χ1n) is 9.24. The Balaban J connectivity index is 1.99. The minimum atomic E-state index is -3.66. The number of anilines is 1. The van der Waals surface area contributed by atoms with Crippen LogP contribution in [-0.2, 0) is 14.8 Å². The Bertz CT molecular complexity index is 922. The van der Waals surface area contributed by atoms with E-state index in [1.807, 2.05) is 26.0 Å². The second kappa shape index (κ2) is 9.65. The summed E-state index contributed by atoms with van der Waals surface area (Å²) in [5, 5.41) is 2.73. The number of benzene rings is 2. The minimum absolute atomic E-state index is 0.260. The van der Waals surface area contributed by atoms with E-state index in [1.54, 1.807) is 31.2 Å². The molecule has 7 nitrogen and oxygen atoms in total. The van der Waals surface area contributed by atoms with Crippen molar-refractivity contribution in [2.24, 2.45) is 0 Å². The Kier molecular flexibility index (Phi) is 7.50. The lowest BCUT2D eigenvalue weighted by Crippen LogP contribution is -2.48. The fourth-order valence-electron chi connectivity index (χ4n) is 3.04. The van der Waals surface area contributed by atoms with Crippen LogP contribution in [0.5, 0.6) is 11.5 Å². The van der Waals surface area contributed by atoms with Gasteiger partial charge in [-0.25, -0.2) is 8.42 Å². The van der Waals surface area contributed by atoms with Gasteiger partial charge in [0.25, 0.3) is 0 Å². The normalized spacial score (nSPS) is 12.2. The molecule has 0 saturated carbocycles. The van der Waals surface area contributed by atoms with Crippen LogP contribution in [0.3, 0.4) is 0 Å². The number of amides is 1. The summed E-state index contributed by atoms with van der Waals surface area (Å²) in [4.78, 5) is 12.5. The van der Waals surface area contributed by atoms with Gasteiger partial charge in [0.05, 0.1) is 25.6 Å². The number of ether oxygens (including phenoxy) is 2. The number of carbonyl (C=O) groups is 1. The van der Waals surface area contributed by atoms with Crippen molar-refractivity contribution in [1.82, 2.24) is 5.32 Å². The summed E-state index contributed by atoms with van der Waals surface area (Å²) in [5.41, 5.74) is 2.59. The largest absolute Gasteiger partial charge is 0.497 e. The number of methoxy groups -OCH3 is 1. The molecule has 1 atom stereocenters. The fraction of sp³-hybridized carbons (Fsp3) is 0.381. The number of nitrogens with zero attached hydrogens (tertiary/aromatic N) is 1. The minimum Gasteiger partial charge on any atom is -0.497 e. The number of hydrogen-bond acceptors (Lipinski definition) is 5. The summed E-state index contributed by atoms with van der Waals surface area (Å²) in [7, 11) is -2.14. The van der Waals surface area contributed by atoms with Gasteiger partial charge in [0.1, 0.15) is 24.1 Å². The van der Waals surface area contributed by atoms with Crippen molar-refractivity contribution in [2.45, 2.75) is 26.8 Å². The molecule has 2 rings (SSSR count). The zero-order valence-corrected chi connectivity index (χ0v) is 18.2. The lowest BCUT2D eigenvalue weighted by Gasteiger charge is -2.28. The third kappa shape index (κ3) is 6.39. The van der Waals surface area contributed by atoms with E-state index in [0.717, 1.165) is 27.4 Å². The Morgan fingerprint density at radius 1 is 1.07 bits per heavy atom. The van der Waals surface area contributed by atoms with Gasteiger partial charge in [0.2, 0.25) is 15.9 Å². The first-order valence-corrected chi connectivity index (χ1v) is 11.1. The van der Waals surface area contributed by atoms with E-state index in [1.165, 1.54) is 7.11 Å². The molecule has 1 N–H and O–H groups in total. The van der Waals surface area contributed by atoms with Crippen molar-refractivity contribution in [3.05, 3.63) is 53.6 Å². The van der Waals surface area contributed by atoms with Crippen molar-refractivity contribution in [2.75, 3.05) is 30.8 Å². The van der Waals surface area contributed by atoms with Crippen LogP contribution in [0.4, 0.5) is 5.69 Å². The molecule has 0 heterocycles. The number of nitrogens with one attached hydrogen (secondary N) is 1. The molecule has 0 fully saturated rings. The van der Waals surface area contributed by atoms with Crippen molar-refractivity contribution in [1.29, 1.82) is 0 Å². The third-order valence-electron chi connectivity index (χ3n) is 4.28. The molecule has 2 aromatic rings. The topological polar surface area (TPSA) is 84.9 Å². The van der Waals surface area contributed by atoms with Gasteiger partial charge < -0.3 is 14.8 Å². The summed E-state index contributed by atoms with van der Waals surface area (Å²) in [5.74, 6) is 0.930. The average Bonchev–Trinajstić information content (AvgIpc) is 2.64. The number of sulfonamides is 1. The summed E-state index contributed by atoms with van der Waals surface area (Å²) < 4.78 is 36.5. The summed E-state index contributed by atoms with van der Waals surface area (Å²) >= 11 is 0. The summed E-state index contributed by atoms with van der Waals surface area (Å²) in [6.45, 7) is 6.06. The van der Waals surface area contributed by atoms with Gasteiger partial charge in [-0.1, -0.05) is 6.07 Å². The second-order valence-electron chi connectivity index (χ2n) is 6.90. The molecule has 8 heteroatoms. The maximum absolute atomic E-state index is 12.5. The molecule has 29 heavy (non-hydrogen) atoms. The Morgan fingerprint density at radius 3 is 2.17 bits per heavy atom. The van der Waals surface area contributed by atoms with Crippen molar-refractivity contribution >= 4 is 21.6 Å². The SMILES string of the molecule is COc1ccc(N(C(C)C(=O)NCCOc2cc(C)cc(C)c2)S(C)(=O)=O)cc1. The van der Waals surface area contributed by atoms with Crippen molar-refractivity contribution in [3.8, 4) is 11.5 Å². The number of aryl methyl sites for hydroxylation is 2. The van der Waals surface area contributed by atoms with Crippen LogP contribution in [0.1, 0.15) is 18.1 Å². The highest BCUT2D eigenvalue weighted by atomic mass is 32.2. The number of rotatable bonds is 9. The molecule has 158 valence electrons. The molecule has 2 aromatic carbocycles.